The predicted molar refractivity (Wildman–Crippen MR) is 208 cm³/mol. The molecule has 4 aromatic heterocycles. The second-order valence-electron chi connectivity index (χ2n) is 13.4. The summed E-state index contributed by atoms with van der Waals surface area (Å²) in [5.41, 5.74) is -6.85. The van der Waals surface area contributed by atoms with Gasteiger partial charge in [-0.15, -0.1) is 0 Å². The van der Waals surface area contributed by atoms with Gasteiger partial charge in [-0.2, -0.15) is 36.9 Å². The minimum atomic E-state index is -4.84. The molecule has 19 heteroatoms. The number of nitriles is 2. The number of alkyl halides is 6. The second kappa shape index (κ2) is 18.9. The third kappa shape index (κ3) is 10.9. The van der Waals surface area contributed by atoms with Gasteiger partial charge in [-0.3, -0.25) is 18.4 Å². The van der Waals surface area contributed by atoms with Gasteiger partial charge < -0.3 is 23.7 Å². The lowest BCUT2D eigenvalue weighted by Gasteiger charge is -2.18. The summed E-state index contributed by atoms with van der Waals surface area (Å²) in [6.07, 6.45) is -4.51. The lowest BCUT2D eigenvalue weighted by molar-refractivity contribution is -0.141. The van der Waals surface area contributed by atoms with E-state index >= 15 is 0 Å². The van der Waals surface area contributed by atoms with E-state index in [-0.39, 0.29) is 46.3 Å². The Morgan fingerprint density at radius 3 is 1.44 bits per heavy atom. The molecule has 0 aliphatic carbocycles. The fourth-order valence-corrected chi connectivity index (χ4v) is 5.77. The Morgan fingerprint density at radius 1 is 0.672 bits per heavy atom. The molecule has 2 aromatic carbocycles. The highest BCUT2D eigenvalue weighted by Gasteiger charge is 2.39. The lowest BCUT2D eigenvalue weighted by Crippen LogP contribution is -2.25. The average Bonchev–Trinajstić information content (AvgIpc) is 3.83. The minimum absolute atomic E-state index is 0.0298. The first kappa shape index (κ1) is 45.0. The van der Waals surface area contributed by atoms with Crippen LogP contribution in [0, 0.1) is 22.7 Å². The van der Waals surface area contributed by atoms with Gasteiger partial charge in [-0.25, -0.2) is 9.97 Å². The van der Waals surface area contributed by atoms with Crippen molar-refractivity contribution in [2.45, 2.75) is 44.6 Å². The lowest BCUT2D eigenvalue weighted by atomic mass is 10.0. The van der Waals surface area contributed by atoms with Crippen molar-refractivity contribution in [1.29, 1.82) is 10.5 Å². The van der Waals surface area contributed by atoms with Crippen LogP contribution in [0.15, 0.2) is 94.8 Å². The molecule has 0 saturated carbocycles. The van der Waals surface area contributed by atoms with Crippen LogP contribution in [0.1, 0.15) is 38.1 Å². The number of benzene rings is 2. The van der Waals surface area contributed by atoms with Gasteiger partial charge in [0.25, 0.3) is 11.1 Å². The highest BCUT2D eigenvalue weighted by molar-refractivity contribution is 5.69. The summed E-state index contributed by atoms with van der Waals surface area (Å²) >= 11 is 0. The number of rotatable bonds is 8. The van der Waals surface area contributed by atoms with E-state index in [1.54, 1.807) is 19.9 Å². The van der Waals surface area contributed by atoms with Gasteiger partial charge in [-0.05, 0) is 74.2 Å². The van der Waals surface area contributed by atoms with Crippen LogP contribution in [0.5, 0.6) is 23.0 Å². The molecule has 0 N–H and O–H groups in total. The van der Waals surface area contributed by atoms with Gasteiger partial charge in [0.15, 0.2) is 23.6 Å². The van der Waals surface area contributed by atoms with E-state index in [9.17, 15) is 35.9 Å². The van der Waals surface area contributed by atoms with E-state index in [1.165, 1.54) is 112 Å². The zero-order valence-electron chi connectivity index (χ0n) is 32.9. The Hall–Kier alpha value is -7.12. The average molecular weight is 851 g/mol. The SMILES string of the molecule is C1CCOC1.COc1ccn2c(=O)c(-c3ccc(OC(C)(C)C#N)cc3)c(C(F)(F)F)nc2c1.COc1ccn2c(=O)c(-c3ccc(OCC#N)cc3)c(C(F)(F)F)nc2c1. The largest absolute Gasteiger partial charge is 0.497 e. The Morgan fingerprint density at radius 2 is 1.10 bits per heavy atom. The van der Waals surface area contributed by atoms with Gasteiger partial charge >= 0.3 is 12.4 Å². The number of ether oxygens (including phenoxy) is 5. The standard InChI is InChI=1S/C20H16F3N3O3.C18H12F3N3O3.C4H8O/c1-19(2,11-24)29-13-6-4-12(5-7-13)16-17(20(21,22)23)25-15-10-14(28-3)8-9-26(15)18(16)27;1-26-13-6-8-24-14(10-13)23-16(18(19,20)21)15(17(24)25)11-2-4-12(5-3-11)27-9-7-22;1-2-4-5-3-1/h4-10H,1-3H3;2-6,8,10H,9H2,1H3;1-4H2. The molecule has 0 radical (unpaired) electrons. The Kier molecular flexibility index (Phi) is 13.9. The maximum absolute atomic E-state index is 13.7. The molecule has 0 bridgehead atoms. The van der Waals surface area contributed by atoms with Gasteiger partial charge in [-0.1, -0.05) is 24.3 Å². The molecule has 0 amide bonds. The summed E-state index contributed by atoms with van der Waals surface area (Å²) in [5, 5.41) is 17.5. The van der Waals surface area contributed by atoms with Crippen LogP contribution in [0.4, 0.5) is 26.3 Å². The first-order chi connectivity index (χ1) is 28.9. The van der Waals surface area contributed by atoms with E-state index in [4.69, 9.17) is 34.2 Å². The van der Waals surface area contributed by atoms with Gasteiger partial charge in [0.05, 0.1) is 25.3 Å². The predicted octanol–water partition coefficient (Wildman–Crippen LogP) is 8.16. The minimum Gasteiger partial charge on any atom is -0.497 e. The fourth-order valence-electron chi connectivity index (χ4n) is 5.77. The molecule has 0 atom stereocenters. The Bertz CT molecular complexity index is 2690. The Labute approximate surface area is 343 Å². The first-order valence-corrected chi connectivity index (χ1v) is 18.1. The van der Waals surface area contributed by atoms with E-state index in [0.29, 0.717) is 5.75 Å². The fraction of sp³-hybridized carbons (Fsp3) is 0.286. The maximum atomic E-state index is 13.7. The van der Waals surface area contributed by atoms with Crippen LogP contribution in [-0.2, 0) is 17.1 Å². The van der Waals surface area contributed by atoms with Crippen LogP contribution in [0.25, 0.3) is 33.5 Å². The number of hydrogen-bond acceptors (Lipinski definition) is 11. The molecule has 61 heavy (non-hydrogen) atoms. The van der Waals surface area contributed by atoms with Crippen molar-refractivity contribution in [3.63, 3.8) is 0 Å². The van der Waals surface area contributed by atoms with Crippen molar-refractivity contribution >= 4 is 11.3 Å². The molecule has 1 saturated heterocycles. The third-order valence-corrected chi connectivity index (χ3v) is 8.67. The van der Waals surface area contributed by atoms with E-state index in [1.807, 2.05) is 6.07 Å². The van der Waals surface area contributed by atoms with Gasteiger partial charge in [0, 0.05) is 37.7 Å². The number of aromatic nitrogens is 4. The van der Waals surface area contributed by atoms with Crippen LogP contribution in [-0.4, -0.2) is 58.4 Å². The van der Waals surface area contributed by atoms with Crippen LogP contribution >= 0.6 is 0 Å². The summed E-state index contributed by atoms with van der Waals surface area (Å²) < 4.78 is 109. The molecule has 6 aromatic rings. The molecule has 0 spiro atoms. The molecule has 13 nitrogen and oxygen atoms in total. The third-order valence-electron chi connectivity index (χ3n) is 8.67. The summed E-state index contributed by atoms with van der Waals surface area (Å²) in [6, 6.07) is 20.0. The summed E-state index contributed by atoms with van der Waals surface area (Å²) in [6.45, 7) is 4.91. The number of methoxy groups -OCH3 is 2. The van der Waals surface area contributed by atoms with Crippen LogP contribution < -0.4 is 30.1 Å². The molecule has 1 fully saturated rings. The van der Waals surface area contributed by atoms with Crippen molar-refractivity contribution in [3.8, 4) is 57.4 Å². The van der Waals surface area contributed by atoms with Crippen molar-refractivity contribution in [2.24, 2.45) is 0 Å². The van der Waals surface area contributed by atoms with Crippen molar-refractivity contribution in [3.05, 3.63) is 117 Å². The molecular formula is C42H36F6N6O7. The topological polar surface area (TPSA) is 162 Å². The van der Waals surface area contributed by atoms with Gasteiger partial charge in [0.2, 0.25) is 0 Å². The van der Waals surface area contributed by atoms with E-state index < -0.39 is 51.6 Å². The first-order valence-electron chi connectivity index (χ1n) is 18.1. The number of halogens is 6. The monoisotopic (exact) mass is 850 g/mol. The number of fused-ring (bicyclic) bond motifs is 2. The number of pyridine rings is 2. The van der Waals surface area contributed by atoms with Crippen LogP contribution in [0.2, 0.25) is 0 Å². The molecule has 0 unspecified atom stereocenters. The zero-order chi connectivity index (χ0) is 44.5. The van der Waals surface area contributed by atoms with Crippen molar-refractivity contribution in [1.82, 2.24) is 18.8 Å². The molecular weight excluding hydrogens is 814 g/mol. The normalized spacial score (nSPS) is 12.6. The summed E-state index contributed by atoms with van der Waals surface area (Å²) in [5.74, 6) is 1.14. The Balaban J connectivity index is 0.000000207. The summed E-state index contributed by atoms with van der Waals surface area (Å²) in [4.78, 5) is 32.9. The molecule has 318 valence electrons. The smallest absolute Gasteiger partial charge is 0.434 e. The summed E-state index contributed by atoms with van der Waals surface area (Å²) in [7, 11) is 2.72. The van der Waals surface area contributed by atoms with Crippen molar-refractivity contribution < 1.29 is 50.0 Å². The maximum Gasteiger partial charge on any atom is 0.434 e. The molecule has 1 aliphatic heterocycles. The number of hydrogen-bond donors (Lipinski definition) is 0. The molecule has 7 rings (SSSR count). The van der Waals surface area contributed by atoms with E-state index in [2.05, 4.69) is 9.97 Å². The highest BCUT2D eigenvalue weighted by Crippen LogP contribution is 2.36. The highest BCUT2D eigenvalue weighted by atomic mass is 19.4. The van der Waals surface area contributed by atoms with Crippen LogP contribution in [0.3, 0.4) is 0 Å². The zero-order valence-corrected chi connectivity index (χ0v) is 32.9. The number of nitrogens with zero attached hydrogens (tertiary/aromatic N) is 6. The van der Waals surface area contributed by atoms with Crippen molar-refractivity contribution in [2.75, 3.05) is 34.0 Å². The van der Waals surface area contributed by atoms with Gasteiger partial charge in [0.1, 0.15) is 46.4 Å². The van der Waals surface area contributed by atoms with E-state index in [0.717, 1.165) is 22.0 Å². The second-order valence-corrected chi connectivity index (χ2v) is 13.4. The molecule has 1 aliphatic rings. The quantitative estimate of drug-likeness (QED) is 0.136. The molecule has 5 heterocycles.